The van der Waals surface area contributed by atoms with Gasteiger partial charge in [-0.25, -0.2) is 0 Å². The summed E-state index contributed by atoms with van der Waals surface area (Å²) in [5, 5.41) is 10.6. The van der Waals surface area contributed by atoms with Crippen LogP contribution in [-0.4, -0.2) is 68.7 Å². The molecule has 5 aliphatic rings. The van der Waals surface area contributed by atoms with E-state index in [1.807, 2.05) is 24.3 Å². The Morgan fingerprint density at radius 3 is 1.51 bits per heavy atom. The number of rotatable bonds is 3. The van der Waals surface area contributed by atoms with Gasteiger partial charge in [-0.2, -0.15) is 0 Å². The van der Waals surface area contributed by atoms with Crippen molar-refractivity contribution in [3.8, 4) is 0 Å². The Bertz CT molecular complexity index is 1030. The molecule has 0 aromatic heterocycles. The summed E-state index contributed by atoms with van der Waals surface area (Å²) in [6.45, 7) is 7.83. The zero-order valence-corrected chi connectivity index (χ0v) is 21.5. The van der Waals surface area contributed by atoms with E-state index in [-0.39, 0.29) is 21.8 Å². The Hall–Kier alpha value is -2.88. The second-order valence-corrected chi connectivity index (χ2v) is 10.6. The Morgan fingerprint density at radius 2 is 1.19 bits per heavy atom. The molecule has 0 bridgehead atoms. The van der Waals surface area contributed by atoms with E-state index in [2.05, 4.69) is 21.9 Å². The van der Waals surface area contributed by atoms with Gasteiger partial charge in [0.25, 0.3) is 5.69 Å². The number of nitrogen functional groups attached to an aromatic ring is 1. The minimum atomic E-state index is -0.371. The van der Waals surface area contributed by atoms with Gasteiger partial charge >= 0.3 is 0 Å². The van der Waals surface area contributed by atoms with E-state index >= 15 is 0 Å². The summed E-state index contributed by atoms with van der Waals surface area (Å²) in [7, 11) is 0. The van der Waals surface area contributed by atoms with Crippen molar-refractivity contribution in [3.63, 3.8) is 0 Å². The van der Waals surface area contributed by atoms with Gasteiger partial charge in [0.05, 0.1) is 29.3 Å². The van der Waals surface area contributed by atoms with E-state index in [0.717, 1.165) is 83.2 Å². The third-order valence-corrected chi connectivity index (χ3v) is 8.08. The maximum Gasteiger partial charge on any atom is 0.269 e. The number of non-ortho nitro benzene ring substituents is 1. The summed E-state index contributed by atoms with van der Waals surface area (Å²) in [6.07, 6.45) is 7.14. The maximum absolute atomic E-state index is 10.6. The molecule has 0 saturated carbocycles. The van der Waals surface area contributed by atoms with Crippen LogP contribution >= 0.6 is 0 Å². The molecule has 0 unspecified atom stereocenters. The molecule has 5 saturated heterocycles. The summed E-state index contributed by atoms with van der Waals surface area (Å²) >= 11 is 0. The van der Waals surface area contributed by atoms with Crippen molar-refractivity contribution in [2.75, 3.05) is 68.1 Å². The van der Waals surface area contributed by atoms with Crippen molar-refractivity contribution in [1.29, 1.82) is 0 Å². The smallest absolute Gasteiger partial charge is 0.269 e. The standard InChI is InChI=1S/C12H14N2O3.C12H16N2O.C4H8O/c15-14(16)11-3-1-10(2-4-11)13-7-5-12(9-13)6-8-17-12;13-10-1-3-11(4-2-10)14-7-5-12(9-14)6-8-15-12;1-2-4-5-3-1/h1-4H,5-9H2;1-4H,5-9,13H2;1-4H2/t2*12-;/m00./s1. The van der Waals surface area contributed by atoms with Crippen LogP contribution in [0, 0.1) is 10.1 Å². The van der Waals surface area contributed by atoms with Crippen LogP contribution in [0.25, 0.3) is 0 Å². The van der Waals surface area contributed by atoms with E-state index in [1.54, 1.807) is 12.1 Å². The van der Waals surface area contributed by atoms with Gasteiger partial charge in [-0.05, 0) is 62.1 Å². The molecular weight excluding hydrogens is 472 g/mol. The number of anilines is 3. The van der Waals surface area contributed by atoms with Crippen LogP contribution in [0.3, 0.4) is 0 Å². The molecule has 37 heavy (non-hydrogen) atoms. The van der Waals surface area contributed by atoms with Crippen molar-refractivity contribution in [2.24, 2.45) is 0 Å². The molecule has 5 heterocycles. The quantitative estimate of drug-likeness (QED) is 0.368. The fraction of sp³-hybridized carbons (Fsp3) is 0.571. The summed E-state index contributed by atoms with van der Waals surface area (Å²) in [4.78, 5) is 14.8. The molecule has 2 aromatic carbocycles. The van der Waals surface area contributed by atoms with Crippen molar-refractivity contribution in [2.45, 2.75) is 49.7 Å². The maximum atomic E-state index is 10.6. The number of hydrogen-bond acceptors (Lipinski definition) is 8. The van der Waals surface area contributed by atoms with Gasteiger partial charge in [-0.1, -0.05) is 0 Å². The fourth-order valence-electron chi connectivity index (χ4n) is 5.54. The lowest BCUT2D eigenvalue weighted by Crippen LogP contribution is -2.45. The molecule has 2 spiro atoms. The van der Waals surface area contributed by atoms with Gasteiger partial charge in [-0.15, -0.1) is 0 Å². The molecule has 5 aliphatic heterocycles. The number of benzene rings is 2. The number of ether oxygens (including phenoxy) is 3. The normalized spacial score (nSPS) is 27.7. The van der Waals surface area contributed by atoms with Crippen LogP contribution in [0.15, 0.2) is 48.5 Å². The molecule has 2 aromatic rings. The molecule has 7 rings (SSSR count). The number of nitro benzene ring substituents is 1. The van der Waals surface area contributed by atoms with Crippen LogP contribution in [0.2, 0.25) is 0 Å². The minimum Gasteiger partial charge on any atom is -0.399 e. The molecule has 2 atom stereocenters. The zero-order chi connectivity index (χ0) is 25.7. The van der Waals surface area contributed by atoms with E-state index in [1.165, 1.54) is 24.9 Å². The van der Waals surface area contributed by atoms with Crippen LogP contribution in [0.4, 0.5) is 22.7 Å². The Balaban J connectivity index is 0.000000128. The van der Waals surface area contributed by atoms with Gasteiger partial charge < -0.3 is 29.7 Å². The zero-order valence-electron chi connectivity index (χ0n) is 21.5. The molecule has 0 radical (unpaired) electrons. The highest BCUT2D eigenvalue weighted by atomic mass is 16.6. The lowest BCUT2D eigenvalue weighted by atomic mass is 9.94. The summed E-state index contributed by atoms with van der Waals surface area (Å²) in [6, 6.07) is 14.8. The van der Waals surface area contributed by atoms with Crippen molar-refractivity contribution < 1.29 is 19.1 Å². The van der Waals surface area contributed by atoms with E-state index in [9.17, 15) is 10.1 Å². The average Bonchev–Trinajstić information content (AvgIpc) is 3.66. The van der Waals surface area contributed by atoms with Crippen molar-refractivity contribution in [3.05, 3.63) is 58.6 Å². The number of nitrogens with zero attached hydrogens (tertiary/aromatic N) is 3. The first-order chi connectivity index (χ1) is 18.0. The highest BCUT2D eigenvalue weighted by molar-refractivity contribution is 5.54. The van der Waals surface area contributed by atoms with Gasteiger partial charge in [0, 0.05) is 81.4 Å². The Labute approximate surface area is 218 Å². The van der Waals surface area contributed by atoms with Gasteiger partial charge in [0.1, 0.15) is 0 Å². The van der Waals surface area contributed by atoms with E-state index in [0.29, 0.717) is 0 Å². The number of nitrogens with two attached hydrogens (primary N) is 1. The topological polar surface area (TPSA) is 103 Å². The van der Waals surface area contributed by atoms with E-state index < -0.39 is 0 Å². The first-order valence-electron chi connectivity index (χ1n) is 13.4. The summed E-state index contributed by atoms with van der Waals surface area (Å²) < 4.78 is 16.3. The predicted octanol–water partition coefficient (Wildman–Crippen LogP) is 4.40. The second-order valence-electron chi connectivity index (χ2n) is 10.6. The molecule has 200 valence electrons. The van der Waals surface area contributed by atoms with Gasteiger partial charge in [0.15, 0.2) is 0 Å². The fourth-order valence-corrected chi connectivity index (χ4v) is 5.54. The van der Waals surface area contributed by atoms with Gasteiger partial charge in [-0.3, -0.25) is 10.1 Å². The van der Waals surface area contributed by atoms with Crippen LogP contribution in [-0.2, 0) is 14.2 Å². The highest BCUT2D eigenvalue weighted by Gasteiger charge is 2.45. The van der Waals surface area contributed by atoms with Gasteiger partial charge in [0.2, 0.25) is 0 Å². The Morgan fingerprint density at radius 1 is 0.730 bits per heavy atom. The van der Waals surface area contributed by atoms with Crippen molar-refractivity contribution in [1.82, 2.24) is 0 Å². The lowest BCUT2D eigenvalue weighted by molar-refractivity contribution is -0.384. The molecule has 0 aliphatic carbocycles. The van der Waals surface area contributed by atoms with Crippen LogP contribution in [0.1, 0.15) is 38.5 Å². The molecule has 5 fully saturated rings. The van der Waals surface area contributed by atoms with Crippen LogP contribution < -0.4 is 15.5 Å². The second kappa shape index (κ2) is 11.2. The number of hydrogen-bond donors (Lipinski definition) is 1. The molecule has 9 heteroatoms. The summed E-state index contributed by atoms with van der Waals surface area (Å²) in [5.41, 5.74) is 9.20. The third-order valence-electron chi connectivity index (χ3n) is 8.08. The molecule has 2 N–H and O–H groups in total. The van der Waals surface area contributed by atoms with E-state index in [4.69, 9.17) is 19.9 Å². The molecular formula is C28H38N4O5. The first-order valence-corrected chi connectivity index (χ1v) is 13.4. The molecule has 9 nitrogen and oxygen atoms in total. The SMILES string of the molecule is C1CCOC1.Nc1ccc(N2CC[C@]3(CCO3)C2)cc1.O=[N+]([O-])c1ccc(N2CC[C@]3(CCO3)C2)cc1. The number of nitro groups is 1. The summed E-state index contributed by atoms with van der Waals surface area (Å²) in [5.74, 6) is 0. The first kappa shape index (κ1) is 25.8. The molecule has 0 amide bonds. The Kier molecular flexibility index (Phi) is 7.83. The lowest BCUT2D eigenvalue weighted by Gasteiger charge is -2.38. The minimum absolute atomic E-state index is 0.0712. The van der Waals surface area contributed by atoms with Crippen molar-refractivity contribution >= 4 is 22.7 Å². The third kappa shape index (κ3) is 6.17. The average molecular weight is 511 g/mol. The largest absolute Gasteiger partial charge is 0.399 e. The highest BCUT2D eigenvalue weighted by Crippen LogP contribution is 2.39. The predicted molar refractivity (Wildman–Crippen MR) is 144 cm³/mol. The monoisotopic (exact) mass is 510 g/mol. The van der Waals surface area contributed by atoms with Crippen LogP contribution in [0.5, 0.6) is 0 Å².